The Morgan fingerprint density at radius 1 is 0.939 bits per heavy atom. The van der Waals surface area contributed by atoms with Gasteiger partial charge in [-0.1, -0.05) is 42.5 Å². The summed E-state index contributed by atoms with van der Waals surface area (Å²) in [7, 11) is 0. The van der Waals surface area contributed by atoms with Crippen molar-refractivity contribution in [3.63, 3.8) is 0 Å². The van der Waals surface area contributed by atoms with Crippen LogP contribution in [-0.2, 0) is 21.7 Å². The van der Waals surface area contributed by atoms with Gasteiger partial charge in [0.2, 0.25) is 11.8 Å². The fraction of sp³-hybridized carbons (Fsp3) is 0.360. The number of fused-ring (bicyclic) bond motifs is 1. The van der Waals surface area contributed by atoms with Crippen molar-refractivity contribution in [2.24, 2.45) is 0 Å². The second-order valence-corrected chi connectivity index (χ2v) is 8.84. The number of amides is 4. The van der Waals surface area contributed by atoms with Crippen molar-refractivity contribution in [2.45, 2.75) is 43.8 Å². The highest BCUT2D eigenvalue weighted by Gasteiger charge is 2.45. The third-order valence-corrected chi connectivity index (χ3v) is 6.96. The first-order chi connectivity index (χ1) is 16.0. The minimum Gasteiger partial charge on any atom is -0.317 e. The van der Waals surface area contributed by atoms with Gasteiger partial charge in [-0.3, -0.25) is 29.4 Å². The van der Waals surface area contributed by atoms with E-state index in [1.807, 2.05) is 24.3 Å². The van der Waals surface area contributed by atoms with Crippen LogP contribution in [0.1, 0.15) is 57.5 Å². The molecule has 2 saturated heterocycles. The van der Waals surface area contributed by atoms with Crippen molar-refractivity contribution in [1.29, 1.82) is 0 Å². The van der Waals surface area contributed by atoms with Crippen LogP contribution in [0.4, 0.5) is 0 Å². The predicted octanol–water partition coefficient (Wildman–Crippen LogP) is 1.46. The molecule has 1 unspecified atom stereocenters. The summed E-state index contributed by atoms with van der Waals surface area (Å²) in [6, 6.07) is 14.6. The maximum atomic E-state index is 13.4. The highest BCUT2D eigenvalue weighted by molar-refractivity contribution is 6.24. The number of hydrogen-bond donors (Lipinski definition) is 3. The van der Waals surface area contributed by atoms with Gasteiger partial charge in [0.15, 0.2) is 0 Å². The van der Waals surface area contributed by atoms with Gasteiger partial charge in [-0.05, 0) is 49.5 Å². The molecule has 3 N–H and O–H groups in total. The van der Waals surface area contributed by atoms with Crippen molar-refractivity contribution >= 4 is 23.6 Å². The number of imide groups is 2. The van der Waals surface area contributed by atoms with E-state index in [0.717, 1.165) is 36.4 Å². The van der Waals surface area contributed by atoms with Crippen LogP contribution in [0, 0.1) is 0 Å². The van der Waals surface area contributed by atoms with Crippen molar-refractivity contribution in [2.75, 3.05) is 13.1 Å². The van der Waals surface area contributed by atoms with Crippen molar-refractivity contribution < 1.29 is 19.2 Å². The second-order valence-electron chi connectivity index (χ2n) is 8.84. The zero-order chi connectivity index (χ0) is 23.0. The lowest BCUT2D eigenvalue weighted by molar-refractivity contribution is -0.136. The molecule has 3 aliphatic rings. The molecule has 0 radical (unpaired) electrons. The van der Waals surface area contributed by atoms with Crippen molar-refractivity contribution in [3.05, 3.63) is 70.8 Å². The van der Waals surface area contributed by atoms with Gasteiger partial charge in [-0.2, -0.15) is 0 Å². The van der Waals surface area contributed by atoms with Gasteiger partial charge in [-0.25, -0.2) is 0 Å². The van der Waals surface area contributed by atoms with Gasteiger partial charge in [0.1, 0.15) is 6.04 Å². The zero-order valence-corrected chi connectivity index (χ0v) is 18.2. The van der Waals surface area contributed by atoms with Crippen molar-refractivity contribution in [1.82, 2.24) is 20.9 Å². The van der Waals surface area contributed by atoms with E-state index in [1.165, 1.54) is 5.56 Å². The molecular weight excluding hydrogens is 420 g/mol. The molecule has 0 saturated carbocycles. The van der Waals surface area contributed by atoms with Crippen LogP contribution in [0.5, 0.6) is 0 Å². The fourth-order valence-electron chi connectivity index (χ4n) is 5.17. The molecule has 33 heavy (non-hydrogen) atoms. The average molecular weight is 447 g/mol. The molecule has 0 spiro atoms. The molecule has 8 heteroatoms. The minimum absolute atomic E-state index is 0.103. The van der Waals surface area contributed by atoms with E-state index in [-0.39, 0.29) is 24.3 Å². The fourth-order valence-corrected chi connectivity index (χ4v) is 5.17. The van der Waals surface area contributed by atoms with E-state index >= 15 is 0 Å². The van der Waals surface area contributed by atoms with Gasteiger partial charge in [0, 0.05) is 18.5 Å². The number of benzene rings is 2. The SMILES string of the molecule is O=C1CCC(N2C(=O)c3cccc(CNC4(c5ccccc5)CCNCC4)c3C2=O)C(=O)N1. The number of hydrogen-bond acceptors (Lipinski definition) is 6. The summed E-state index contributed by atoms with van der Waals surface area (Å²) >= 11 is 0. The van der Waals surface area contributed by atoms with E-state index in [9.17, 15) is 19.2 Å². The first-order valence-electron chi connectivity index (χ1n) is 11.3. The zero-order valence-electron chi connectivity index (χ0n) is 18.2. The number of rotatable bonds is 5. The monoisotopic (exact) mass is 446 g/mol. The Balaban J connectivity index is 1.42. The first kappa shape index (κ1) is 21.5. The van der Waals surface area contributed by atoms with Crippen LogP contribution in [0.2, 0.25) is 0 Å². The largest absolute Gasteiger partial charge is 0.317 e. The molecule has 1 atom stereocenters. The number of nitrogens with one attached hydrogen (secondary N) is 3. The lowest BCUT2D eigenvalue weighted by Crippen LogP contribution is -2.54. The van der Waals surface area contributed by atoms with Crippen LogP contribution >= 0.6 is 0 Å². The van der Waals surface area contributed by atoms with E-state index in [0.29, 0.717) is 17.7 Å². The van der Waals surface area contributed by atoms with Crippen molar-refractivity contribution in [3.8, 4) is 0 Å². The van der Waals surface area contributed by atoms with Crippen LogP contribution in [0.25, 0.3) is 0 Å². The summed E-state index contributed by atoms with van der Waals surface area (Å²) in [5.41, 5.74) is 2.35. The summed E-state index contributed by atoms with van der Waals surface area (Å²) in [4.78, 5) is 51.3. The Bertz CT molecular complexity index is 1120. The Labute approximate surface area is 191 Å². The molecule has 5 rings (SSSR count). The van der Waals surface area contributed by atoms with Gasteiger partial charge >= 0.3 is 0 Å². The smallest absolute Gasteiger partial charge is 0.262 e. The molecule has 0 aliphatic carbocycles. The lowest BCUT2D eigenvalue weighted by Gasteiger charge is -2.39. The van der Waals surface area contributed by atoms with Gasteiger partial charge in [0.05, 0.1) is 11.1 Å². The Morgan fingerprint density at radius 2 is 1.70 bits per heavy atom. The first-order valence-corrected chi connectivity index (χ1v) is 11.3. The van der Waals surface area contributed by atoms with Gasteiger partial charge in [-0.15, -0.1) is 0 Å². The van der Waals surface area contributed by atoms with Crippen LogP contribution in [0.3, 0.4) is 0 Å². The molecule has 2 aromatic carbocycles. The molecule has 3 heterocycles. The number of carbonyl (C=O) groups excluding carboxylic acids is 4. The molecule has 4 amide bonds. The summed E-state index contributed by atoms with van der Waals surface area (Å²) in [6.45, 7) is 2.19. The maximum absolute atomic E-state index is 13.4. The molecule has 3 aliphatic heterocycles. The standard InChI is InChI=1S/C25H26N4O4/c30-20-10-9-19(22(31)28-20)29-23(32)18-8-4-5-16(21(18)24(29)33)15-27-25(11-13-26-14-12-25)17-6-2-1-3-7-17/h1-8,19,26-27H,9-15H2,(H,28,30,31). The average Bonchev–Trinajstić information content (AvgIpc) is 3.09. The minimum atomic E-state index is -0.962. The maximum Gasteiger partial charge on any atom is 0.262 e. The summed E-state index contributed by atoms with van der Waals surface area (Å²) < 4.78 is 0. The molecule has 170 valence electrons. The number of nitrogens with zero attached hydrogens (tertiary/aromatic N) is 1. The number of piperidine rings is 2. The van der Waals surface area contributed by atoms with Gasteiger partial charge < -0.3 is 10.6 Å². The quantitative estimate of drug-likeness (QED) is 0.601. The topological polar surface area (TPSA) is 108 Å². The Morgan fingerprint density at radius 3 is 2.42 bits per heavy atom. The van der Waals surface area contributed by atoms with E-state index in [2.05, 4.69) is 28.1 Å². The Hall–Kier alpha value is -3.36. The molecule has 0 bridgehead atoms. The highest BCUT2D eigenvalue weighted by atomic mass is 16.2. The van der Waals surface area contributed by atoms with Gasteiger partial charge in [0.25, 0.3) is 11.8 Å². The summed E-state index contributed by atoms with van der Waals surface area (Å²) in [6.07, 6.45) is 2.06. The molecular formula is C25H26N4O4. The molecule has 0 aromatic heterocycles. The molecule has 8 nitrogen and oxygen atoms in total. The van der Waals surface area contributed by atoms with E-state index in [1.54, 1.807) is 12.1 Å². The van der Waals surface area contributed by atoms with Crippen LogP contribution in [-0.4, -0.2) is 47.7 Å². The molecule has 2 fully saturated rings. The van der Waals surface area contributed by atoms with Crippen LogP contribution < -0.4 is 16.0 Å². The predicted molar refractivity (Wildman–Crippen MR) is 120 cm³/mol. The lowest BCUT2D eigenvalue weighted by atomic mass is 9.81. The summed E-state index contributed by atoms with van der Waals surface area (Å²) in [5.74, 6) is -1.93. The Kier molecular flexibility index (Phi) is 5.55. The third-order valence-electron chi connectivity index (χ3n) is 6.96. The highest BCUT2D eigenvalue weighted by Crippen LogP contribution is 2.33. The second kappa shape index (κ2) is 8.53. The van der Waals surface area contributed by atoms with E-state index in [4.69, 9.17) is 0 Å². The summed E-state index contributed by atoms with van der Waals surface area (Å²) in [5, 5.41) is 9.34. The normalized spacial score (nSPS) is 22.3. The van der Waals surface area contributed by atoms with Crippen LogP contribution in [0.15, 0.2) is 48.5 Å². The van der Waals surface area contributed by atoms with E-state index < -0.39 is 23.8 Å². The number of carbonyl (C=O) groups is 4. The molecule has 2 aromatic rings. The third kappa shape index (κ3) is 3.75.